The van der Waals surface area contributed by atoms with E-state index in [1.54, 1.807) is 42.9 Å². The Hall–Kier alpha value is -4.20. The van der Waals surface area contributed by atoms with Crippen molar-refractivity contribution in [3.8, 4) is 22.9 Å². The van der Waals surface area contributed by atoms with Crippen LogP contribution in [0.25, 0.3) is 16.6 Å². The molecule has 43 heavy (non-hydrogen) atoms. The van der Waals surface area contributed by atoms with Gasteiger partial charge in [-0.05, 0) is 82.2 Å². The molecule has 0 radical (unpaired) electrons. The fraction of sp³-hybridized carbons (Fsp3) is 0.406. The van der Waals surface area contributed by atoms with Gasteiger partial charge in [-0.2, -0.15) is 10.4 Å². The number of hydrogen-bond acceptors (Lipinski definition) is 8. The van der Waals surface area contributed by atoms with Gasteiger partial charge in [0.25, 0.3) is 0 Å². The van der Waals surface area contributed by atoms with Crippen LogP contribution in [0.15, 0.2) is 55.1 Å². The number of aliphatic hydroxyl groups is 1. The molecule has 220 valence electrons. The summed E-state index contributed by atoms with van der Waals surface area (Å²) >= 11 is 6.29. The zero-order valence-corrected chi connectivity index (χ0v) is 24.8. The maximum atomic E-state index is 13.6. The number of nitrogens with one attached hydrogen (secondary N) is 1. The summed E-state index contributed by atoms with van der Waals surface area (Å²) in [4.78, 5) is 25.2. The number of carbonyl (C=O) groups is 1. The summed E-state index contributed by atoms with van der Waals surface area (Å²) in [6.45, 7) is 3.47. The standard InChI is InChI=1S/C32H32ClN7O3/c1-31(2,42)18-43-24-10-25(28-21(14-34)16-37-39(28)17-24)20-5-6-27(36-15-20)40-22-8-19-9-23(40)13-32(11-19,12-22)30(41)38-29-26(33)4-3-7-35-29/h3-7,10,15-17,19,22-23,42H,8-9,11-13,18H2,1-2H3,(H,35,38,41)/t19-,22-,23+,32-. The van der Waals surface area contributed by atoms with E-state index in [4.69, 9.17) is 21.3 Å². The van der Waals surface area contributed by atoms with Crippen molar-refractivity contribution in [1.29, 1.82) is 5.26 Å². The number of piperidine rings is 2. The van der Waals surface area contributed by atoms with Crippen LogP contribution in [0.2, 0.25) is 5.02 Å². The van der Waals surface area contributed by atoms with Gasteiger partial charge >= 0.3 is 0 Å². The third-order valence-electron chi connectivity index (χ3n) is 9.02. The molecule has 2 aliphatic carbocycles. The van der Waals surface area contributed by atoms with E-state index in [-0.39, 0.29) is 24.6 Å². The number of nitriles is 1. The summed E-state index contributed by atoms with van der Waals surface area (Å²) in [5.41, 5.74) is 1.28. The van der Waals surface area contributed by atoms with Gasteiger partial charge in [0, 0.05) is 35.6 Å². The summed E-state index contributed by atoms with van der Waals surface area (Å²) in [7, 11) is 0. The molecule has 4 fully saturated rings. The first-order valence-corrected chi connectivity index (χ1v) is 14.9. The van der Waals surface area contributed by atoms with E-state index >= 15 is 0 Å². The highest BCUT2D eigenvalue weighted by atomic mass is 35.5. The second-order valence-corrected chi connectivity index (χ2v) is 13.2. The Morgan fingerprint density at radius 3 is 2.67 bits per heavy atom. The van der Waals surface area contributed by atoms with Gasteiger partial charge in [-0.15, -0.1) is 0 Å². The van der Waals surface area contributed by atoms with Gasteiger partial charge in [0.15, 0.2) is 5.82 Å². The minimum atomic E-state index is -1.00. The van der Waals surface area contributed by atoms with E-state index in [0.29, 0.717) is 33.6 Å². The summed E-state index contributed by atoms with van der Waals surface area (Å²) in [6.07, 6.45) is 11.2. The fourth-order valence-electron chi connectivity index (χ4n) is 7.43. The number of pyridine rings is 3. The van der Waals surface area contributed by atoms with Crippen molar-refractivity contribution in [1.82, 2.24) is 19.6 Å². The number of aromatic nitrogens is 4. The van der Waals surface area contributed by atoms with Crippen LogP contribution in [-0.2, 0) is 4.79 Å². The molecular weight excluding hydrogens is 566 g/mol. The summed E-state index contributed by atoms with van der Waals surface area (Å²) in [5.74, 6) is 2.35. The Bertz CT molecular complexity index is 1740. The van der Waals surface area contributed by atoms with Crippen LogP contribution >= 0.6 is 11.6 Å². The Balaban J connectivity index is 1.16. The van der Waals surface area contributed by atoms with Crippen molar-refractivity contribution in [3.05, 3.63) is 65.7 Å². The maximum absolute atomic E-state index is 13.6. The van der Waals surface area contributed by atoms with E-state index in [2.05, 4.69) is 26.4 Å². The predicted molar refractivity (Wildman–Crippen MR) is 162 cm³/mol. The van der Waals surface area contributed by atoms with Gasteiger partial charge in [0.05, 0.1) is 39.5 Å². The molecule has 2 saturated carbocycles. The minimum absolute atomic E-state index is 0.0141. The Morgan fingerprint density at radius 1 is 1.21 bits per heavy atom. The summed E-state index contributed by atoms with van der Waals surface area (Å²) in [6, 6.07) is 12.1. The Kier molecular flexibility index (Phi) is 6.56. The monoisotopic (exact) mass is 597 g/mol. The molecule has 11 heteroatoms. The van der Waals surface area contributed by atoms with Gasteiger partial charge < -0.3 is 20.1 Å². The van der Waals surface area contributed by atoms with Crippen molar-refractivity contribution in [2.24, 2.45) is 11.3 Å². The lowest BCUT2D eigenvalue weighted by Crippen LogP contribution is -2.64. The van der Waals surface area contributed by atoms with Crippen LogP contribution in [0, 0.1) is 22.7 Å². The molecule has 1 amide bonds. The third kappa shape index (κ3) is 4.96. The molecule has 4 bridgehead atoms. The summed E-state index contributed by atoms with van der Waals surface area (Å²) in [5, 5.41) is 27.7. The lowest BCUT2D eigenvalue weighted by molar-refractivity contribution is -0.134. The van der Waals surface area contributed by atoms with Crippen LogP contribution in [0.1, 0.15) is 51.5 Å². The van der Waals surface area contributed by atoms with E-state index < -0.39 is 11.0 Å². The molecule has 2 aliphatic heterocycles. The van der Waals surface area contributed by atoms with Crippen LogP contribution < -0.4 is 15.0 Å². The van der Waals surface area contributed by atoms with Crippen LogP contribution in [0.3, 0.4) is 0 Å². The Labute approximate surface area is 254 Å². The highest BCUT2D eigenvalue weighted by Gasteiger charge is 2.58. The molecular formula is C32H32ClN7O3. The number of rotatable bonds is 7. The fourth-order valence-corrected chi connectivity index (χ4v) is 7.60. The van der Waals surface area contributed by atoms with Gasteiger partial charge in [-0.25, -0.2) is 14.5 Å². The number of halogens is 1. The molecule has 10 nitrogen and oxygen atoms in total. The average Bonchev–Trinajstić information content (AvgIpc) is 3.39. The second kappa shape index (κ2) is 10.2. The number of fused-ring (bicyclic) bond motifs is 1. The topological polar surface area (TPSA) is 129 Å². The molecule has 0 aromatic carbocycles. The quantitative estimate of drug-likeness (QED) is 0.296. The molecule has 0 spiro atoms. The van der Waals surface area contributed by atoms with Gasteiger partial charge in [0.2, 0.25) is 5.91 Å². The first-order chi connectivity index (χ1) is 20.6. The van der Waals surface area contributed by atoms with Crippen molar-refractivity contribution in [3.63, 3.8) is 0 Å². The molecule has 4 aromatic rings. The van der Waals surface area contributed by atoms with Crippen LogP contribution in [0.4, 0.5) is 11.6 Å². The molecule has 6 heterocycles. The van der Waals surface area contributed by atoms with Crippen LogP contribution in [0.5, 0.6) is 5.75 Å². The van der Waals surface area contributed by atoms with Gasteiger partial charge in [0.1, 0.15) is 24.2 Å². The maximum Gasteiger partial charge on any atom is 0.231 e. The van der Waals surface area contributed by atoms with E-state index in [1.807, 2.05) is 24.4 Å². The largest absolute Gasteiger partial charge is 0.489 e. The van der Waals surface area contributed by atoms with E-state index in [0.717, 1.165) is 49.0 Å². The first kappa shape index (κ1) is 27.6. The zero-order valence-electron chi connectivity index (χ0n) is 24.0. The number of ether oxygens (including phenoxy) is 1. The number of hydrogen-bond donors (Lipinski definition) is 2. The highest BCUT2D eigenvalue weighted by molar-refractivity contribution is 6.33. The SMILES string of the molecule is CC(C)(O)COc1cc(-c2ccc(N3[C@@H]4C[C@@H]5C[C@H]3C[C@@](C(=O)Nc3ncccc3Cl)(C5)C4)nc2)c2c(C#N)cnn2c1. The van der Waals surface area contributed by atoms with E-state index in [9.17, 15) is 15.2 Å². The number of carbonyl (C=O) groups excluding carboxylic acids is 1. The smallest absolute Gasteiger partial charge is 0.231 e. The highest BCUT2D eigenvalue weighted by Crippen LogP contribution is 2.57. The number of amides is 1. The summed E-state index contributed by atoms with van der Waals surface area (Å²) < 4.78 is 7.50. The first-order valence-electron chi connectivity index (χ1n) is 14.6. The molecule has 4 aliphatic rings. The van der Waals surface area contributed by atoms with E-state index in [1.165, 1.54) is 6.20 Å². The van der Waals surface area contributed by atoms with Gasteiger partial charge in [-0.3, -0.25) is 4.79 Å². The zero-order chi connectivity index (χ0) is 29.9. The molecule has 2 saturated heterocycles. The minimum Gasteiger partial charge on any atom is -0.489 e. The molecule has 4 atom stereocenters. The van der Waals surface area contributed by atoms with Crippen LogP contribution in [-0.4, -0.2) is 54.9 Å². The lowest BCUT2D eigenvalue weighted by Gasteiger charge is -2.61. The second-order valence-electron chi connectivity index (χ2n) is 12.8. The number of anilines is 2. The Morgan fingerprint density at radius 2 is 2.00 bits per heavy atom. The average molecular weight is 598 g/mol. The third-order valence-corrected chi connectivity index (χ3v) is 9.33. The molecule has 2 N–H and O–H groups in total. The lowest BCUT2D eigenvalue weighted by atomic mass is 9.55. The van der Waals surface area contributed by atoms with Crippen molar-refractivity contribution < 1.29 is 14.6 Å². The van der Waals surface area contributed by atoms with Crippen molar-refractivity contribution >= 4 is 34.7 Å². The normalized spacial score (nSPS) is 24.3. The molecule has 0 unspecified atom stereocenters. The predicted octanol–water partition coefficient (Wildman–Crippen LogP) is 5.24. The van der Waals surface area contributed by atoms with Gasteiger partial charge in [-0.1, -0.05) is 11.6 Å². The molecule has 8 rings (SSSR count). The van der Waals surface area contributed by atoms with Crippen molar-refractivity contribution in [2.45, 2.75) is 63.6 Å². The number of nitrogens with zero attached hydrogens (tertiary/aromatic N) is 6. The van der Waals surface area contributed by atoms with Crippen molar-refractivity contribution in [2.75, 3.05) is 16.8 Å². The molecule has 4 aromatic heterocycles.